The smallest absolute Gasteiger partial charge is 0.303 e. The maximum absolute atomic E-state index is 12.0. The van der Waals surface area contributed by atoms with Gasteiger partial charge in [-0.15, -0.1) is 11.3 Å². The van der Waals surface area contributed by atoms with E-state index in [4.69, 9.17) is 24.7 Å². The number of nitrogens with zero attached hydrogens (tertiary/aromatic N) is 5. The highest BCUT2D eigenvalue weighted by Gasteiger charge is 2.51. The Bertz CT molecular complexity index is 1590. The second kappa shape index (κ2) is 12.5. The van der Waals surface area contributed by atoms with Crippen LogP contribution in [-0.2, 0) is 33.3 Å². The molecule has 0 saturated carbocycles. The topological polar surface area (TPSA) is 183 Å². The number of carbonyl (C=O) groups excluding carboxylic acids is 3. The van der Waals surface area contributed by atoms with Crippen LogP contribution in [0.25, 0.3) is 21.4 Å². The first-order valence-electron chi connectivity index (χ1n) is 13.0. The average molecular weight is 616 g/mol. The van der Waals surface area contributed by atoms with Gasteiger partial charge in [-0.1, -0.05) is 23.9 Å². The van der Waals surface area contributed by atoms with Crippen LogP contribution in [0.3, 0.4) is 0 Å². The number of hydrogen-bond acceptors (Lipinski definition) is 15. The Morgan fingerprint density at radius 3 is 2.55 bits per heavy atom. The highest BCUT2D eigenvalue weighted by molar-refractivity contribution is 8.01. The highest BCUT2D eigenvalue weighted by Crippen LogP contribution is 2.37. The van der Waals surface area contributed by atoms with Crippen LogP contribution in [0, 0.1) is 0 Å². The Morgan fingerprint density at radius 2 is 1.83 bits per heavy atom. The summed E-state index contributed by atoms with van der Waals surface area (Å²) in [4.78, 5) is 53.3. The molecule has 1 fully saturated rings. The number of thiazole rings is 1. The fraction of sp³-hybridized carbons (Fsp3) is 0.423. The van der Waals surface area contributed by atoms with Crippen molar-refractivity contribution in [3.63, 3.8) is 0 Å². The number of rotatable bonds is 10. The van der Waals surface area contributed by atoms with E-state index in [1.165, 1.54) is 31.7 Å². The molecule has 1 aliphatic heterocycles. The number of ether oxygens (including phenoxy) is 4. The van der Waals surface area contributed by atoms with Crippen LogP contribution in [0.15, 0.2) is 34.9 Å². The third-order valence-electron chi connectivity index (χ3n) is 6.17. The first-order valence-corrected chi connectivity index (χ1v) is 14.8. The van der Waals surface area contributed by atoms with E-state index < -0.39 is 42.4 Å². The summed E-state index contributed by atoms with van der Waals surface area (Å²) in [6, 6.07) is 7.93. The summed E-state index contributed by atoms with van der Waals surface area (Å²) in [6.07, 6.45) is -2.67. The number of nitrogens with one attached hydrogen (secondary N) is 1. The second-order valence-corrected chi connectivity index (χ2v) is 11.9. The lowest BCUT2D eigenvalue weighted by Crippen LogP contribution is -2.40. The maximum Gasteiger partial charge on any atom is 0.303 e. The molecular weight excluding hydrogens is 586 g/mol. The molecule has 3 N–H and O–H groups in total. The molecule has 0 spiro atoms. The fourth-order valence-electron chi connectivity index (χ4n) is 4.52. The number of hydrogen-bond donors (Lipinski definition) is 2. The summed E-state index contributed by atoms with van der Waals surface area (Å²) in [5, 5.41) is 3.35. The lowest BCUT2D eigenvalue weighted by Gasteiger charge is -2.23. The molecule has 1 aliphatic rings. The van der Waals surface area contributed by atoms with Crippen LogP contribution in [0.1, 0.15) is 33.9 Å². The Labute approximate surface area is 248 Å². The summed E-state index contributed by atoms with van der Waals surface area (Å²) in [6.45, 7) is 5.45. The number of nitrogen functional groups attached to an aromatic ring is 1. The van der Waals surface area contributed by atoms with Crippen molar-refractivity contribution >= 4 is 74.2 Å². The minimum absolute atomic E-state index is 0.0205. The third-order valence-corrected chi connectivity index (χ3v) is 8.61. The molecule has 4 aromatic rings. The van der Waals surface area contributed by atoms with Crippen LogP contribution in [0.2, 0.25) is 0 Å². The number of carbonyl (C=O) groups is 3. The zero-order valence-corrected chi connectivity index (χ0v) is 24.8. The largest absolute Gasteiger partial charge is 0.463 e. The predicted octanol–water partition coefficient (Wildman–Crippen LogP) is 2.93. The summed E-state index contributed by atoms with van der Waals surface area (Å²) >= 11 is 3.26. The van der Waals surface area contributed by atoms with E-state index in [0.717, 1.165) is 14.6 Å². The maximum atomic E-state index is 12.0. The van der Waals surface area contributed by atoms with Crippen LogP contribution in [0.5, 0.6) is 0 Å². The van der Waals surface area contributed by atoms with Crippen molar-refractivity contribution in [3.05, 3.63) is 30.6 Å². The standard InChI is InChI=1S/C26H29N7O7S2/c1-12(10-41-26-30-16-7-5-6-8-18(16)42-26)29-22-19-23(32-25(27)31-22)33(11-28-19)24-21(39-15(4)36)20(38-14(3)35)17(40-24)9-37-13(2)34/h5-8,11-12,17,20-21,24H,9-10H2,1-4H3,(H3,27,29,31,32)/t12?,17-,20?,21?,24-/m1/s1. The first-order chi connectivity index (χ1) is 20.1. The summed E-state index contributed by atoms with van der Waals surface area (Å²) in [5.74, 6) is -0.725. The van der Waals surface area contributed by atoms with E-state index in [0.29, 0.717) is 22.7 Å². The zero-order valence-electron chi connectivity index (χ0n) is 23.2. The minimum atomic E-state index is -1.10. The van der Waals surface area contributed by atoms with Gasteiger partial charge in [0.05, 0.1) is 16.5 Å². The highest BCUT2D eigenvalue weighted by atomic mass is 32.2. The average Bonchev–Trinajstić information content (AvgIpc) is 3.61. The van der Waals surface area contributed by atoms with Crippen molar-refractivity contribution in [1.82, 2.24) is 24.5 Å². The molecule has 1 aromatic carbocycles. The molecule has 0 bridgehead atoms. The number of benzene rings is 1. The van der Waals surface area contributed by atoms with Gasteiger partial charge < -0.3 is 30.0 Å². The van der Waals surface area contributed by atoms with E-state index >= 15 is 0 Å². The van der Waals surface area contributed by atoms with Crippen molar-refractivity contribution in [2.45, 2.75) is 62.6 Å². The quantitative estimate of drug-likeness (QED) is 0.151. The van der Waals surface area contributed by atoms with E-state index in [2.05, 4.69) is 25.3 Å². The molecule has 4 heterocycles. The van der Waals surface area contributed by atoms with Crippen molar-refractivity contribution in [1.29, 1.82) is 0 Å². The van der Waals surface area contributed by atoms with Gasteiger partial charge in [0.2, 0.25) is 5.95 Å². The van der Waals surface area contributed by atoms with Gasteiger partial charge in [0.1, 0.15) is 12.7 Å². The number of thioether (sulfide) groups is 1. The molecule has 1 saturated heterocycles. The van der Waals surface area contributed by atoms with Gasteiger partial charge in [-0.05, 0) is 19.1 Å². The third kappa shape index (κ3) is 6.55. The molecule has 0 amide bonds. The van der Waals surface area contributed by atoms with Crippen LogP contribution in [-0.4, -0.2) is 79.1 Å². The normalized spacial score (nSPS) is 20.9. The van der Waals surface area contributed by atoms with Gasteiger partial charge in [0, 0.05) is 32.6 Å². The zero-order chi connectivity index (χ0) is 30.0. The van der Waals surface area contributed by atoms with Crippen molar-refractivity contribution in [2.24, 2.45) is 0 Å². The second-order valence-electron chi connectivity index (χ2n) is 9.57. The van der Waals surface area contributed by atoms with E-state index in [9.17, 15) is 14.4 Å². The van der Waals surface area contributed by atoms with Crippen LogP contribution >= 0.6 is 23.1 Å². The molecule has 14 nitrogen and oxygen atoms in total. The number of aromatic nitrogens is 5. The molecular formula is C26H29N7O7S2. The molecule has 16 heteroatoms. The number of para-hydroxylation sites is 1. The Hall–Kier alpha value is -4.02. The molecule has 3 unspecified atom stereocenters. The minimum Gasteiger partial charge on any atom is -0.463 e. The van der Waals surface area contributed by atoms with E-state index in [1.807, 2.05) is 31.2 Å². The Kier molecular flexibility index (Phi) is 8.74. The Morgan fingerprint density at radius 1 is 1.10 bits per heavy atom. The monoisotopic (exact) mass is 615 g/mol. The number of imidazole rings is 1. The SMILES string of the molecule is CC(=O)OC[C@H]1O[C@@H](n2cnc3c(NC(C)CSc4nc5ccccc5s4)nc(N)nc32)C(OC(C)=O)C1OC(C)=O. The first kappa shape index (κ1) is 29.5. The Balaban J connectivity index is 1.39. The molecule has 5 rings (SSSR count). The fourth-order valence-corrected chi connectivity index (χ4v) is 6.57. The van der Waals surface area contributed by atoms with Crippen molar-refractivity contribution in [3.8, 4) is 0 Å². The molecule has 5 atom stereocenters. The summed E-state index contributed by atoms with van der Waals surface area (Å²) < 4.78 is 25.8. The number of fused-ring (bicyclic) bond motifs is 2. The van der Waals surface area contributed by atoms with Gasteiger partial charge in [0.25, 0.3) is 0 Å². The van der Waals surface area contributed by atoms with Crippen LogP contribution < -0.4 is 11.1 Å². The van der Waals surface area contributed by atoms with E-state index in [-0.39, 0.29) is 18.6 Å². The van der Waals surface area contributed by atoms with Crippen LogP contribution in [0.4, 0.5) is 11.8 Å². The van der Waals surface area contributed by atoms with Gasteiger partial charge in [-0.3, -0.25) is 19.0 Å². The molecule has 0 radical (unpaired) electrons. The lowest BCUT2D eigenvalue weighted by atomic mass is 10.1. The number of anilines is 2. The molecule has 42 heavy (non-hydrogen) atoms. The van der Waals surface area contributed by atoms with Gasteiger partial charge in [-0.25, -0.2) is 9.97 Å². The molecule has 3 aromatic heterocycles. The lowest BCUT2D eigenvalue weighted by molar-refractivity contribution is -0.166. The predicted molar refractivity (Wildman–Crippen MR) is 155 cm³/mol. The number of esters is 3. The van der Waals surface area contributed by atoms with Gasteiger partial charge in [0.15, 0.2) is 39.8 Å². The number of nitrogens with two attached hydrogens (primary N) is 1. The van der Waals surface area contributed by atoms with E-state index in [1.54, 1.807) is 23.1 Å². The van der Waals surface area contributed by atoms with Crippen molar-refractivity contribution < 1.29 is 33.3 Å². The van der Waals surface area contributed by atoms with Gasteiger partial charge >= 0.3 is 17.9 Å². The summed E-state index contributed by atoms with van der Waals surface area (Å²) in [7, 11) is 0. The molecule has 0 aliphatic carbocycles. The van der Waals surface area contributed by atoms with Gasteiger partial charge in [-0.2, -0.15) is 9.97 Å². The molecule has 222 valence electrons. The summed E-state index contributed by atoms with van der Waals surface area (Å²) in [5.41, 5.74) is 7.75. The van der Waals surface area contributed by atoms with Crippen molar-refractivity contribution in [2.75, 3.05) is 23.4 Å².